The van der Waals surface area contributed by atoms with Gasteiger partial charge in [0.25, 0.3) is 0 Å². The van der Waals surface area contributed by atoms with Gasteiger partial charge in [-0.1, -0.05) is 21.1 Å². The first-order chi connectivity index (χ1) is 7.72. The number of aromatic nitrogens is 2. The zero-order valence-electron chi connectivity index (χ0n) is 8.21. The number of hydrogen-bond acceptors (Lipinski definition) is 3. The molecule has 0 fully saturated rings. The second-order valence-corrected chi connectivity index (χ2v) is 4.03. The van der Waals surface area contributed by atoms with Gasteiger partial charge in [-0.25, -0.2) is 4.98 Å². The van der Waals surface area contributed by atoms with Crippen molar-refractivity contribution >= 4 is 21.8 Å². The summed E-state index contributed by atoms with van der Waals surface area (Å²) in [7, 11) is 0. The van der Waals surface area contributed by atoms with Crippen molar-refractivity contribution < 1.29 is 5.21 Å². The van der Waals surface area contributed by atoms with Gasteiger partial charge in [0, 0.05) is 22.4 Å². The molecule has 0 atom stereocenters. The zero-order chi connectivity index (χ0) is 11.5. The number of nitrogens with two attached hydrogens (primary N) is 1. The topological polar surface area (TPSA) is 76.4 Å². The van der Waals surface area contributed by atoms with Crippen LogP contribution < -0.4 is 5.73 Å². The Morgan fingerprint density at radius 3 is 2.94 bits per heavy atom. The molecule has 2 aromatic rings. The van der Waals surface area contributed by atoms with E-state index in [9.17, 15) is 0 Å². The molecule has 1 aromatic heterocycles. The Morgan fingerprint density at radius 2 is 2.31 bits per heavy atom. The van der Waals surface area contributed by atoms with Crippen LogP contribution in [0.2, 0.25) is 0 Å². The van der Waals surface area contributed by atoms with E-state index in [1.165, 1.54) is 0 Å². The second-order valence-electron chi connectivity index (χ2n) is 3.12. The fraction of sp³-hybridized carbons (Fsp3) is 0. The Kier molecular flexibility index (Phi) is 2.91. The van der Waals surface area contributed by atoms with Gasteiger partial charge in [-0.15, -0.1) is 0 Å². The van der Waals surface area contributed by atoms with Crippen molar-refractivity contribution in [3.63, 3.8) is 0 Å². The molecule has 16 heavy (non-hydrogen) atoms. The Hall–Kier alpha value is -1.82. The van der Waals surface area contributed by atoms with Crippen LogP contribution in [-0.4, -0.2) is 20.6 Å². The fourth-order valence-corrected chi connectivity index (χ4v) is 1.74. The molecule has 0 amide bonds. The summed E-state index contributed by atoms with van der Waals surface area (Å²) >= 11 is 3.38. The molecule has 0 saturated heterocycles. The monoisotopic (exact) mass is 280 g/mol. The minimum absolute atomic E-state index is 0.0659. The molecule has 6 heteroatoms. The molecule has 0 radical (unpaired) electrons. The highest BCUT2D eigenvalue weighted by Crippen LogP contribution is 2.20. The van der Waals surface area contributed by atoms with E-state index in [-0.39, 0.29) is 5.84 Å². The largest absolute Gasteiger partial charge is 0.409 e. The Labute approximate surface area is 100 Å². The van der Waals surface area contributed by atoms with Gasteiger partial charge in [-0.05, 0) is 18.2 Å². The minimum Gasteiger partial charge on any atom is -0.409 e. The highest BCUT2D eigenvalue weighted by molar-refractivity contribution is 9.10. The molecule has 0 saturated carbocycles. The third kappa shape index (κ3) is 1.92. The van der Waals surface area contributed by atoms with Crippen molar-refractivity contribution in [2.24, 2.45) is 10.9 Å². The van der Waals surface area contributed by atoms with Crippen LogP contribution in [0.3, 0.4) is 0 Å². The third-order valence-corrected chi connectivity index (χ3v) is 2.62. The quantitative estimate of drug-likeness (QED) is 0.381. The summed E-state index contributed by atoms with van der Waals surface area (Å²) in [6.07, 6.45) is 5.10. The second kappa shape index (κ2) is 4.36. The summed E-state index contributed by atoms with van der Waals surface area (Å²) in [6.45, 7) is 0. The highest BCUT2D eigenvalue weighted by atomic mass is 79.9. The van der Waals surface area contributed by atoms with Crippen molar-refractivity contribution in [1.82, 2.24) is 9.55 Å². The molecule has 82 valence electrons. The Morgan fingerprint density at radius 1 is 1.50 bits per heavy atom. The molecular formula is C10H9BrN4O. The van der Waals surface area contributed by atoms with Crippen LogP contribution in [0.1, 0.15) is 5.56 Å². The summed E-state index contributed by atoms with van der Waals surface area (Å²) in [5, 5.41) is 11.7. The van der Waals surface area contributed by atoms with Crippen LogP contribution in [0.25, 0.3) is 5.69 Å². The van der Waals surface area contributed by atoms with Gasteiger partial charge in [0.15, 0.2) is 5.84 Å². The van der Waals surface area contributed by atoms with Crippen molar-refractivity contribution in [2.45, 2.75) is 0 Å². The molecule has 3 N–H and O–H groups in total. The van der Waals surface area contributed by atoms with Crippen LogP contribution in [0.5, 0.6) is 0 Å². The zero-order valence-corrected chi connectivity index (χ0v) is 9.79. The molecule has 0 aliphatic heterocycles. The molecule has 0 aliphatic rings. The number of amidine groups is 1. The summed E-state index contributed by atoms with van der Waals surface area (Å²) in [5.41, 5.74) is 7.04. The maximum atomic E-state index is 8.71. The first-order valence-corrected chi connectivity index (χ1v) is 5.27. The molecular weight excluding hydrogens is 272 g/mol. The number of oxime groups is 1. The van der Waals surface area contributed by atoms with Gasteiger partial charge in [-0.2, -0.15) is 0 Å². The van der Waals surface area contributed by atoms with Crippen LogP contribution >= 0.6 is 15.9 Å². The van der Waals surface area contributed by atoms with E-state index < -0.39 is 0 Å². The van der Waals surface area contributed by atoms with Crippen molar-refractivity contribution in [3.8, 4) is 5.69 Å². The number of halogens is 1. The number of nitrogens with zero attached hydrogens (tertiary/aromatic N) is 3. The fourth-order valence-electron chi connectivity index (χ4n) is 1.39. The third-order valence-electron chi connectivity index (χ3n) is 2.13. The molecule has 1 aromatic carbocycles. The number of rotatable bonds is 2. The van der Waals surface area contributed by atoms with E-state index in [0.717, 1.165) is 10.2 Å². The molecule has 0 unspecified atom stereocenters. The lowest BCUT2D eigenvalue weighted by Crippen LogP contribution is -2.16. The van der Waals surface area contributed by atoms with Crippen molar-refractivity contribution in [3.05, 3.63) is 47.0 Å². The standard InChI is InChI=1S/C10H9BrN4O/c11-7-1-2-8(10(12)14-16)9(5-7)15-4-3-13-6-15/h1-6,16H,(H2,12,14). The van der Waals surface area contributed by atoms with Crippen LogP contribution in [-0.2, 0) is 0 Å². The SMILES string of the molecule is N/C(=N/O)c1ccc(Br)cc1-n1ccnc1. The Balaban J connectivity index is 2.62. The summed E-state index contributed by atoms with van der Waals surface area (Å²) in [6, 6.07) is 5.47. The predicted molar refractivity (Wildman–Crippen MR) is 63.8 cm³/mol. The molecule has 5 nitrogen and oxygen atoms in total. The van der Waals surface area contributed by atoms with Crippen LogP contribution in [0, 0.1) is 0 Å². The normalized spacial score (nSPS) is 11.7. The van der Waals surface area contributed by atoms with E-state index in [0.29, 0.717) is 5.56 Å². The Bertz CT molecular complexity index is 522. The van der Waals surface area contributed by atoms with E-state index >= 15 is 0 Å². The molecule has 2 rings (SSSR count). The molecule has 0 bridgehead atoms. The van der Waals surface area contributed by atoms with Gasteiger partial charge >= 0.3 is 0 Å². The summed E-state index contributed by atoms with van der Waals surface area (Å²) in [4.78, 5) is 3.96. The van der Waals surface area contributed by atoms with Crippen LogP contribution in [0.15, 0.2) is 46.5 Å². The number of hydrogen-bond donors (Lipinski definition) is 2. The van der Waals surface area contributed by atoms with Crippen molar-refractivity contribution in [1.29, 1.82) is 0 Å². The minimum atomic E-state index is 0.0659. The van der Waals surface area contributed by atoms with Crippen LogP contribution in [0.4, 0.5) is 0 Å². The van der Waals surface area contributed by atoms with Gasteiger partial charge < -0.3 is 15.5 Å². The maximum Gasteiger partial charge on any atom is 0.172 e. The van der Waals surface area contributed by atoms with Gasteiger partial charge in [0.1, 0.15) is 0 Å². The predicted octanol–water partition coefficient (Wildman–Crippen LogP) is 1.73. The highest BCUT2D eigenvalue weighted by Gasteiger charge is 2.08. The number of imidazole rings is 1. The lowest BCUT2D eigenvalue weighted by molar-refractivity contribution is 0.318. The van der Waals surface area contributed by atoms with Gasteiger partial charge in [0.2, 0.25) is 0 Å². The van der Waals surface area contributed by atoms with E-state index in [1.807, 2.05) is 12.1 Å². The molecule has 0 aliphatic carbocycles. The first kappa shape index (κ1) is 10.7. The first-order valence-electron chi connectivity index (χ1n) is 4.48. The number of benzene rings is 1. The average molecular weight is 281 g/mol. The van der Waals surface area contributed by atoms with E-state index in [1.54, 1.807) is 29.4 Å². The van der Waals surface area contributed by atoms with Crippen molar-refractivity contribution in [2.75, 3.05) is 0 Å². The molecule has 1 heterocycles. The summed E-state index contributed by atoms with van der Waals surface area (Å²) < 4.78 is 2.70. The molecule has 0 spiro atoms. The van der Waals surface area contributed by atoms with E-state index in [2.05, 4.69) is 26.1 Å². The maximum absolute atomic E-state index is 8.71. The smallest absolute Gasteiger partial charge is 0.172 e. The average Bonchev–Trinajstić information content (AvgIpc) is 2.81. The van der Waals surface area contributed by atoms with Gasteiger partial charge in [-0.3, -0.25) is 0 Å². The van der Waals surface area contributed by atoms with E-state index in [4.69, 9.17) is 10.9 Å². The lowest BCUT2D eigenvalue weighted by Gasteiger charge is -2.09. The lowest BCUT2D eigenvalue weighted by atomic mass is 10.1. The van der Waals surface area contributed by atoms with Gasteiger partial charge in [0.05, 0.1) is 12.0 Å². The summed E-state index contributed by atoms with van der Waals surface area (Å²) in [5.74, 6) is 0.0659.